The molecule has 0 amide bonds. The zero-order chi connectivity index (χ0) is 19.0. The van der Waals surface area contributed by atoms with Gasteiger partial charge >= 0.3 is 5.97 Å². The Morgan fingerprint density at radius 3 is 2.74 bits per heavy atom. The van der Waals surface area contributed by atoms with Crippen molar-refractivity contribution in [3.63, 3.8) is 0 Å². The molecule has 0 saturated carbocycles. The fourth-order valence-electron chi connectivity index (χ4n) is 4.05. The number of esters is 1. The molecular weight excluding hydrogens is 348 g/mol. The first kappa shape index (κ1) is 17.5. The molecule has 2 heterocycles. The minimum atomic E-state index is -0.379. The maximum Gasteiger partial charge on any atom is 0.337 e. The van der Waals surface area contributed by atoms with Crippen molar-refractivity contribution in [3.8, 4) is 0 Å². The molecule has 3 atom stereocenters. The van der Waals surface area contributed by atoms with E-state index in [-0.39, 0.29) is 34.6 Å². The molecule has 0 aromatic heterocycles. The monoisotopic (exact) mass is 368 g/mol. The molecule has 2 aliphatic heterocycles. The summed E-state index contributed by atoms with van der Waals surface area (Å²) < 4.78 is 10.8. The molecule has 2 aliphatic rings. The Bertz CT molecular complexity index is 880. The van der Waals surface area contributed by atoms with Crippen LogP contribution in [0.15, 0.2) is 42.5 Å². The summed E-state index contributed by atoms with van der Waals surface area (Å²) in [7, 11) is 1.36. The zero-order valence-corrected chi connectivity index (χ0v) is 14.9. The van der Waals surface area contributed by atoms with Gasteiger partial charge in [0.25, 0.3) is 5.69 Å². The summed E-state index contributed by atoms with van der Waals surface area (Å²) in [6.45, 7) is 0.650. The number of fused-ring (bicyclic) bond motifs is 3. The van der Waals surface area contributed by atoms with Crippen LogP contribution in [0, 0.1) is 16.0 Å². The predicted molar refractivity (Wildman–Crippen MR) is 98.7 cm³/mol. The number of nitro benzene ring substituents is 1. The molecular formula is C20H20N2O5. The molecule has 27 heavy (non-hydrogen) atoms. The highest BCUT2D eigenvalue weighted by Gasteiger charge is 2.40. The number of carbonyl (C=O) groups is 1. The predicted octanol–water partition coefficient (Wildman–Crippen LogP) is 4.02. The fraction of sp³-hybridized carbons (Fsp3) is 0.350. The Balaban J connectivity index is 1.70. The maximum atomic E-state index is 11.7. The van der Waals surface area contributed by atoms with Gasteiger partial charge in [-0.15, -0.1) is 0 Å². The maximum absolute atomic E-state index is 11.7. The molecule has 4 rings (SSSR count). The lowest BCUT2D eigenvalue weighted by Gasteiger charge is -2.43. The van der Waals surface area contributed by atoms with Crippen LogP contribution >= 0.6 is 0 Å². The normalized spacial score (nSPS) is 23.5. The van der Waals surface area contributed by atoms with E-state index in [1.807, 2.05) is 12.1 Å². The first-order chi connectivity index (χ1) is 13.1. The van der Waals surface area contributed by atoms with Crippen molar-refractivity contribution in [1.82, 2.24) is 0 Å². The molecule has 1 saturated heterocycles. The lowest BCUT2D eigenvalue weighted by molar-refractivity contribution is -0.385. The van der Waals surface area contributed by atoms with Gasteiger partial charge in [-0.2, -0.15) is 0 Å². The second kappa shape index (κ2) is 7.00. The van der Waals surface area contributed by atoms with Gasteiger partial charge < -0.3 is 14.8 Å². The van der Waals surface area contributed by atoms with E-state index < -0.39 is 0 Å². The van der Waals surface area contributed by atoms with Gasteiger partial charge in [0.15, 0.2) is 0 Å². The number of anilines is 1. The van der Waals surface area contributed by atoms with Crippen LogP contribution in [0.25, 0.3) is 0 Å². The van der Waals surface area contributed by atoms with Crippen molar-refractivity contribution in [2.24, 2.45) is 5.92 Å². The fourth-order valence-corrected chi connectivity index (χ4v) is 4.05. The molecule has 2 aromatic carbocycles. The molecule has 140 valence electrons. The molecule has 1 fully saturated rings. The van der Waals surface area contributed by atoms with E-state index >= 15 is 0 Å². The van der Waals surface area contributed by atoms with E-state index in [0.29, 0.717) is 12.2 Å². The number of nitrogens with one attached hydrogen (secondary N) is 1. The van der Waals surface area contributed by atoms with Crippen LogP contribution in [0.1, 0.15) is 46.5 Å². The third-order valence-corrected chi connectivity index (χ3v) is 5.35. The van der Waals surface area contributed by atoms with Crippen molar-refractivity contribution in [2.75, 3.05) is 19.0 Å². The van der Waals surface area contributed by atoms with E-state index in [1.54, 1.807) is 24.3 Å². The smallest absolute Gasteiger partial charge is 0.337 e. The number of ether oxygens (including phenoxy) is 2. The number of rotatable bonds is 3. The van der Waals surface area contributed by atoms with Crippen LogP contribution in [0.3, 0.4) is 0 Å². The first-order valence-corrected chi connectivity index (χ1v) is 8.93. The number of non-ortho nitro benzene ring substituents is 1. The largest absolute Gasteiger partial charge is 0.465 e. The second-order valence-corrected chi connectivity index (χ2v) is 6.86. The highest BCUT2D eigenvalue weighted by atomic mass is 16.6. The number of nitro groups is 1. The number of nitrogens with zero attached hydrogens (tertiary/aromatic N) is 1. The Morgan fingerprint density at radius 1 is 1.26 bits per heavy atom. The van der Waals surface area contributed by atoms with Gasteiger partial charge in [-0.05, 0) is 36.6 Å². The van der Waals surface area contributed by atoms with Crippen molar-refractivity contribution in [1.29, 1.82) is 0 Å². The number of carbonyl (C=O) groups excluding carboxylic acids is 1. The third kappa shape index (κ3) is 3.14. The van der Waals surface area contributed by atoms with Crippen LogP contribution in [0.4, 0.5) is 11.4 Å². The minimum Gasteiger partial charge on any atom is -0.465 e. The van der Waals surface area contributed by atoms with E-state index in [1.165, 1.54) is 13.2 Å². The molecule has 0 radical (unpaired) electrons. The van der Waals surface area contributed by atoms with E-state index in [2.05, 4.69) is 5.32 Å². The summed E-state index contributed by atoms with van der Waals surface area (Å²) in [5.41, 5.74) is 3.32. The Hall–Kier alpha value is -2.93. The quantitative estimate of drug-likeness (QED) is 0.500. The summed E-state index contributed by atoms with van der Waals surface area (Å²) in [5, 5.41) is 14.7. The Labute approximate surface area is 156 Å². The summed E-state index contributed by atoms with van der Waals surface area (Å²) in [4.78, 5) is 22.4. The lowest BCUT2D eigenvalue weighted by atomic mass is 9.77. The summed E-state index contributed by atoms with van der Waals surface area (Å²) >= 11 is 0. The molecule has 0 bridgehead atoms. The average molecular weight is 368 g/mol. The van der Waals surface area contributed by atoms with Crippen LogP contribution in [0.2, 0.25) is 0 Å². The molecule has 1 N–H and O–H groups in total. The topological polar surface area (TPSA) is 90.7 Å². The molecule has 0 spiro atoms. The van der Waals surface area contributed by atoms with Crippen LogP contribution < -0.4 is 5.32 Å². The van der Waals surface area contributed by atoms with Crippen molar-refractivity contribution >= 4 is 17.3 Å². The summed E-state index contributed by atoms with van der Waals surface area (Å²) in [6, 6.07) is 12.2. The summed E-state index contributed by atoms with van der Waals surface area (Å²) in [5.74, 6) is -0.202. The molecule has 7 heteroatoms. The van der Waals surface area contributed by atoms with Crippen molar-refractivity contribution in [3.05, 3.63) is 69.3 Å². The molecule has 0 aliphatic carbocycles. The summed E-state index contributed by atoms with van der Waals surface area (Å²) in [6.07, 6.45) is 1.73. The zero-order valence-electron chi connectivity index (χ0n) is 14.9. The van der Waals surface area contributed by atoms with E-state index in [4.69, 9.17) is 9.47 Å². The molecule has 0 unspecified atom stereocenters. The third-order valence-electron chi connectivity index (χ3n) is 5.35. The van der Waals surface area contributed by atoms with Gasteiger partial charge in [0.1, 0.15) is 0 Å². The lowest BCUT2D eigenvalue weighted by Crippen LogP contribution is -2.36. The Morgan fingerprint density at radius 2 is 2.04 bits per heavy atom. The van der Waals surface area contributed by atoms with Crippen LogP contribution in [-0.2, 0) is 9.47 Å². The van der Waals surface area contributed by atoms with Gasteiger partial charge in [-0.3, -0.25) is 10.1 Å². The van der Waals surface area contributed by atoms with Crippen molar-refractivity contribution in [2.45, 2.75) is 25.0 Å². The van der Waals surface area contributed by atoms with Gasteiger partial charge in [0, 0.05) is 35.9 Å². The van der Waals surface area contributed by atoms with Gasteiger partial charge in [-0.1, -0.05) is 12.1 Å². The second-order valence-electron chi connectivity index (χ2n) is 6.86. The number of hydrogen-bond acceptors (Lipinski definition) is 6. The molecule has 7 nitrogen and oxygen atoms in total. The first-order valence-electron chi connectivity index (χ1n) is 8.93. The average Bonchev–Trinajstić information content (AvgIpc) is 2.72. The van der Waals surface area contributed by atoms with Crippen LogP contribution in [-0.4, -0.2) is 24.6 Å². The number of hydrogen-bond donors (Lipinski definition) is 1. The van der Waals surface area contributed by atoms with Crippen molar-refractivity contribution < 1.29 is 19.2 Å². The Kier molecular flexibility index (Phi) is 4.53. The highest BCUT2D eigenvalue weighted by Crippen LogP contribution is 2.49. The van der Waals surface area contributed by atoms with E-state index in [9.17, 15) is 14.9 Å². The highest BCUT2D eigenvalue weighted by molar-refractivity contribution is 5.89. The van der Waals surface area contributed by atoms with Gasteiger partial charge in [-0.25, -0.2) is 4.79 Å². The van der Waals surface area contributed by atoms with Gasteiger partial charge in [0.05, 0.1) is 29.7 Å². The van der Waals surface area contributed by atoms with E-state index in [0.717, 1.165) is 29.7 Å². The number of benzene rings is 2. The molecule has 2 aromatic rings. The standard InChI is InChI=1S/C20H20N2O5/c1-26-20(23)13-6-4-12(5-7-13)18-15-3-2-10-27-19(15)16-11-14(22(24)25)8-9-17(16)21-18/h4-9,11,15,18-19,21H,2-3,10H2,1H3/t15-,18+,19-/m1/s1. The van der Waals surface area contributed by atoms with Crippen LogP contribution in [0.5, 0.6) is 0 Å². The number of methoxy groups -OCH3 is 1. The SMILES string of the molecule is COC(=O)c1ccc([C@@H]2Nc3ccc([N+](=O)[O-])cc3[C@@H]3OCCC[C@H]23)cc1. The van der Waals surface area contributed by atoms with Gasteiger partial charge in [0.2, 0.25) is 0 Å². The minimum absolute atomic E-state index is 0.0101.